The highest BCUT2D eigenvalue weighted by Crippen LogP contribution is 2.25. The second kappa shape index (κ2) is 11.7. The van der Waals surface area contributed by atoms with E-state index < -0.39 is 0 Å². The predicted octanol–water partition coefficient (Wildman–Crippen LogP) is -0.529. The molecule has 0 aliphatic carbocycles. The average molecular weight is 283 g/mol. The summed E-state index contributed by atoms with van der Waals surface area (Å²) in [5.41, 5.74) is 0. The van der Waals surface area contributed by atoms with Gasteiger partial charge in [-0.2, -0.15) is 0 Å². The minimum Gasteiger partial charge on any atom is -1.00 e. The van der Waals surface area contributed by atoms with Gasteiger partial charge in [-0.1, -0.05) is 37.3 Å². The van der Waals surface area contributed by atoms with E-state index in [0.29, 0.717) is 6.61 Å². The van der Waals surface area contributed by atoms with E-state index in [0.717, 1.165) is 24.6 Å². The molecule has 0 heterocycles. The number of nitrogens with one attached hydrogen (secondary N) is 1. The highest BCUT2D eigenvalue weighted by molar-refractivity contribution is 5.39. The normalized spacial score (nSPS) is 8.95. The molecule has 0 radical (unpaired) electrons. The highest BCUT2D eigenvalue weighted by atomic mass is 35.5. The molecule has 0 bridgehead atoms. The number of ether oxygens (including phenoxy) is 2. The van der Waals surface area contributed by atoms with Gasteiger partial charge in [-0.25, -0.2) is 0 Å². The van der Waals surface area contributed by atoms with Crippen LogP contribution in [0.4, 0.5) is 0 Å². The van der Waals surface area contributed by atoms with Crippen molar-refractivity contribution in [2.75, 3.05) is 26.8 Å². The minimum absolute atomic E-state index is 0. The lowest BCUT2D eigenvalue weighted by molar-refractivity contribution is -0.00000440. The fourth-order valence-electron chi connectivity index (χ4n) is 1.42. The maximum atomic E-state index is 5.53. The Hall–Kier alpha value is -1.37. The average Bonchev–Trinajstić information content (AvgIpc) is 2.42. The van der Waals surface area contributed by atoms with Crippen molar-refractivity contribution in [2.24, 2.45) is 0 Å². The van der Waals surface area contributed by atoms with Crippen molar-refractivity contribution in [3.63, 3.8) is 0 Å². The lowest BCUT2D eigenvalue weighted by Crippen LogP contribution is -3.00. The Bertz CT molecular complexity index is 399. The number of hydrogen-bond donors (Lipinski definition) is 1. The number of para-hydroxylation sites is 2. The largest absolute Gasteiger partial charge is 1.00 e. The van der Waals surface area contributed by atoms with Gasteiger partial charge in [0.15, 0.2) is 11.5 Å². The van der Waals surface area contributed by atoms with E-state index in [1.54, 1.807) is 7.11 Å². The number of rotatable bonds is 7. The molecule has 3 nitrogen and oxygen atoms in total. The first-order chi connectivity index (χ1) is 8.88. The molecule has 4 heteroatoms. The molecule has 1 rings (SSSR count). The maximum absolute atomic E-state index is 5.53. The van der Waals surface area contributed by atoms with Gasteiger partial charge in [-0.3, -0.25) is 0 Å². The summed E-state index contributed by atoms with van der Waals surface area (Å²) in [6, 6.07) is 7.57. The molecular formula is C15H21ClNO2-. The van der Waals surface area contributed by atoms with Crippen molar-refractivity contribution >= 4 is 0 Å². The minimum atomic E-state index is 0. The topological polar surface area (TPSA) is 30.5 Å². The summed E-state index contributed by atoms with van der Waals surface area (Å²) in [6.07, 6.45) is 2.40. The van der Waals surface area contributed by atoms with E-state index >= 15 is 0 Å². The second-order valence-corrected chi connectivity index (χ2v) is 3.82. The summed E-state index contributed by atoms with van der Waals surface area (Å²) in [5, 5.41) is 3.25. The monoisotopic (exact) mass is 282 g/mol. The third kappa shape index (κ3) is 7.61. The molecule has 0 aliphatic rings. The summed E-state index contributed by atoms with van der Waals surface area (Å²) in [7, 11) is 1.63. The van der Waals surface area contributed by atoms with Crippen molar-refractivity contribution in [1.29, 1.82) is 0 Å². The molecule has 0 saturated carbocycles. The van der Waals surface area contributed by atoms with Crippen LogP contribution in [0.1, 0.15) is 19.8 Å². The van der Waals surface area contributed by atoms with Gasteiger partial charge in [0.1, 0.15) is 6.61 Å². The summed E-state index contributed by atoms with van der Waals surface area (Å²) in [5.74, 6) is 7.46. The van der Waals surface area contributed by atoms with Crippen LogP contribution in [0.3, 0.4) is 0 Å². The van der Waals surface area contributed by atoms with E-state index in [9.17, 15) is 0 Å². The zero-order valence-corrected chi connectivity index (χ0v) is 12.3. The lowest BCUT2D eigenvalue weighted by atomic mass is 10.3. The lowest BCUT2D eigenvalue weighted by Gasteiger charge is -2.07. The number of methoxy groups -OCH3 is 1. The van der Waals surface area contributed by atoms with E-state index in [1.807, 2.05) is 24.3 Å². The summed E-state index contributed by atoms with van der Waals surface area (Å²) in [6.45, 7) is 4.30. The fraction of sp³-hybridized carbons (Fsp3) is 0.467. The van der Waals surface area contributed by atoms with E-state index in [2.05, 4.69) is 24.1 Å². The Kier molecular flexibility index (Phi) is 10.9. The van der Waals surface area contributed by atoms with Gasteiger partial charge in [0.2, 0.25) is 0 Å². The molecule has 19 heavy (non-hydrogen) atoms. The molecule has 0 spiro atoms. The zero-order chi connectivity index (χ0) is 13.1. The molecule has 0 fully saturated rings. The molecule has 0 amide bonds. The first kappa shape index (κ1) is 17.6. The first-order valence-electron chi connectivity index (χ1n) is 6.30. The van der Waals surface area contributed by atoms with Crippen molar-refractivity contribution in [1.82, 2.24) is 5.32 Å². The summed E-state index contributed by atoms with van der Waals surface area (Å²) >= 11 is 0. The Balaban J connectivity index is 0.00000324. The molecule has 0 saturated heterocycles. The van der Waals surface area contributed by atoms with Crippen molar-refractivity contribution in [3.05, 3.63) is 24.3 Å². The van der Waals surface area contributed by atoms with Gasteiger partial charge in [-0.15, -0.1) is 0 Å². The fourth-order valence-corrected chi connectivity index (χ4v) is 1.42. The van der Waals surface area contributed by atoms with Crippen molar-refractivity contribution in [3.8, 4) is 23.3 Å². The van der Waals surface area contributed by atoms with E-state index in [-0.39, 0.29) is 12.4 Å². The predicted molar refractivity (Wildman–Crippen MR) is 74.0 cm³/mol. The maximum Gasteiger partial charge on any atom is 0.162 e. The Morgan fingerprint density at radius 3 is 2.58 bits per heavy atom. The molecule has 1 N–H and O–H groups in total. The zero-order valence-electron chi connectivity index (χ0n) is 11.5. The molecule has 106 valence electrons. The Labute approximate surface area is 122 Å². The van der Waals surface area contributed by atoms with Gasteiger partial charge >= 0.3 is 0 Å². The molecule has 1 aromatic rings. The first-order valence-corrected chi connectivity index (χ1v) is 6.30. The third-order valence-electron chi connectivity index (χ3n) is 2.41. The summed E-state index contributed by atoms with van der Waals surface area (Å²) < 4.78 is 10.7. The third-order valence-corrected chi connectivity index (χ3v) is 2.41. The van der Waals surface area contributed by atoms with Crippen LogP contribution in [0.2, 0.25) is 0 Å². The standard InChI is InChI=1S/C15H21NO2.ClH/c1-3-4-11-16-12-7-8-13-18-15-10-6-5-9-14(15)17-2;/h5-6,9-10,16H,3-4,11-13H2,1-2H3;1H/p-1. The molecule has 0 aliphatic heterocycles. The molecule has 1 aromatic carbocycles. The van der Waals surface area contributed by atoms with Crippen LogP contribution in [0.25, 0.3) is 0 Å². The van der Waals surface area contributed by atoms with E-state index in [1.165, 1.54) is 12.8 Å². The van der Waals surface area contributed by atoms with Crippen molar-refractivity contribution < 1.29 is 21.9 Å². The van der Waals surface area contributed by atoms with Crippen molar-refractivity contribution in [2.45, 2.75) is 19.8 Å². The van der Waals surface area contributed by atoms with Crippen LogP contribution >= 0.6 is 0 Å². The number of benzene rings is 1. The molecule has 0 atom stereocenters. The van der Waals surface area contributed by atoms with Gasteiger partial charge in [0.05, 0.1) is 13.7 Å². The number of unbranched alkanes of at least 4 members (excludes halogenated alkanes) is 1. The quantitative estimate of drug-likeness (QED) is 0.539. The Morgan fingerprint density at radius 1 is 1.16 bits per heavy atom. The summed E-state index contributed by atoms with van der Waals surface area (Å²) in [4.78, 5) is 0. The van der Waals surface area contributed by atoms with E-state index in [4.69, 9.17) is 9.47 Å². The van der Waals surface area contributed by atoms with Gasteiger partial charge < -0.3 is 27.2 Å². The smallest absolute Gasteiger partial charge is 0.162 e. The molecule has 0 unspecified atom stereocenters. The van der Waals surface area contributed by atoms with Crippen LogP contribution in [0.15, 0.2) is 24.3 Å². The van der Waals surface area contributed by atoms with Gasteiger partial charge in [0.25, 0.3) is 0 Å². The second-order valence-electron chi connectivity index (χ2n) is 3.82. The van der Waals surface area contributed by atoms with Crippen LogP contribution < -0.4 is 27.2 Å². The van der Waals surface area contributed by atoms with Crippen LogP contribution in [0, 0.1) is 11.8 Å². The molecule has 0 aromatic heterocycles. The number of hydrogen-bond acceptors (Lipinski definition) is 3. The van der Waals surface area contributed by atoms with Gasteiger partial charge in [0, 0.05) is 0 Å². The molecular weight excluding hydrogens is 262 g/mol. The Morgan fingerprint density at radius 2 is 1.89 bits per heavy atom. The van der Waals surface area contributed by atoms with Crippen LogP contribution in [0.5, 0.6) is 11.5 Å². The van der Waals surface area contributed by atoms with Crippen LogP contribution in [-0.4, -0.2) is 26.8 Å². The highest BCUT2D eigenvalue weighted by Gasteiger charge is 1.99. The van der Waals surface area contributed by atoms with Crippen LogP contribution in [-0.2, 0) is 0 Å². The SMILES string of the molecule is CCCCNCC#CCOc1ccccc1OC.[Cl-]. The van der Waals surface area contributed by atoms with Gasteiger partial charge in [-0.05, 0) is 25.1 Å². The number of halogens is 1.